The fourth-order valence-electron chi connectivity index (χ4n) is 3.08. The molecule has 0 saturated heterocycles. The summed E-state index contributed by atoms with van der Waals surface area (Å²) in [6.07, 6.45) is 4.43. The molecule has 0 atom stereocenters. The van der Waals surface area contributed by atoms with E-state index in [0.29, 0.717) is 21.1 Å². The molecule has 9 heteroatoms. The number of aromatic nitrogens is 1. The number of furan rings is 1. The van der Waals surface area contributed by atoms with Crippen molar-refractivity contribution in [1.82, 2.24) is 9.29 Å². The van der Waals surface area contributed by atoms with Crippen LogP contribution in [0.15, 0.2) is 52.0 Å². The Kier molecular flexibility index (Phi) is 6.21. The molecule has 2 heterocycles. The fraction of sp³-hybridized carbons (Fsp3) is 0.300. The molecule has 0 bridgehead atoms. The number of benzene rings is 1. The van der Waals surface area contributed by atoms with Crippen molar-refractivity contribution < 1.29 is 17.6 Å². The second kappa shape index (κ2) is 8.48. The zero-order valence-electron chi connectivity index (χ0n) is 16.6. The predicted octanol–water partition coefficient (Wildman–Crippen LogP) is 4.35. The Bertz CT molecular complexity index is 1120. The molecule has 3 aromatic rings. The zero-order valence-corrected chi connectivity index (χ0v) is 18.3. The normalized spacial score (nSPS) is 12.7. The van der Waals surface area contributed by atoms with E-state index in [0.717, 1.165) is 0 Å². The van der Waals surface area contributed by atoms with Gasteiger partial charge in [-0.05, 0) is 64.1 Å². The van der Waals surface area contributed by atoms with Gasteiger partial charge in [-0.15, -0.1) is 0 Å². The monoisotopic (exact) mass is 433 g/mol. The number of sulfonamides is 1. The summed E-state index contributed by atoms with van der Waals surface area (Å²) >= 11 is 1.22. The summed E-state index contributed by atoms with van der Waals surface area (Å²) in [6, 6.07) is 7.97. The van der Waals surface area contributed by atoms with E-state index in [-0.39, 0.29) is 22.9 Å². The summed E-state index contributed by atoms with van der Waals surface area (Å²) in [5.74, 6) is 0.221. The first-order valence-electron chi connectivity index (χ1n) is 9.15. The van der Waals surface area contributed by atoms with Crippen molar-refractivity contribution in [3.63, 3.8) is 0 Å². The summed E-state index contributed by atoms with van der Waals surface area (Å²) in [6.45, 7) is 7.42. The highest BCUT2D eigenvalue weighted by molar-refractivity contribution is 7.89. The van der Waals surface area contributed by atoms with Crippen LogP contribution >= 0.6 is 11.3 Å². The third-order valence-corrected chi connectivity index (χ3v) is 7.31. The molecule has 0 unspecified atom stereocenters. The number of fused-ring (bicyclic) bond motifs is 1. The quantitative estimate of drug-likeness (QED) is 0.559. The summed E-state index contributed by atoms with van der Waals surface area (Å²) in [5, 5.41) is 3.09. The Hall–Kier alpha value is -2.49. The predicted molar refractivity (Wildman–Crippen MR) is 115 cm³/mol. The summed E-state index contributed by atoms with van der Waals surface area (Å²) in [7, 11) is -3.64. The van der Waals surface area contributed by atoms with Gasteiger partial charge in [0.2, 0.25) is 15.9 Å². The maximum atomic E-state index is 13.1. The molecule has 0 aliphatic rings. The van der Waals surface area contributed by atoms with Gasteiger partial charge in [0.05, 0.1) is 21.4 Å². The summed E-state index contributed by atoms with van der Waals surface area (Å²) in [4.78, 5) is 16.6. The first-order valence-corrected chi connectivity index (χ1v) is 11.4. The maximum absolute atomic E-state index is 13.1. The van der Waals surface area contributed by atoms with Crippen LogP contribution in [-0.4, -0.2) is 35.7 Å². The average molecular weight is 434 g/mol. The third-order valence-electron chi connectivity index (χ3n) is 4.13. The first kappa shape index (κ1) is 21.2. The van der Waals surface area contributed by atoms with E-state index in [9.17, 15) is 13.2 Å². The molecule has 0 spiro atoms. The molecule has 1 aromatic carbocycles. The van der Waals surface area contributed by atoms with E-state index in [1.165, 1.54) is 28.0 Å². The number of carbonyl (C=O) groups excluding carboxylic acids is 1. The van der Waals surface area contributed by atoms with Crippen LogP contribution in [-0.2, 0) is 14.8 Å². The van der Waals surface area contributed by atoms with Gasteiger partial charge in [0.15, 0.2) is 5.13 Å². The Labute approximate surface area is 174 Å². The van der Waals surface area contributed by atoms with Crippen molar-refractivity contribution >= 4 is 48.7 Å². The van der Waals surface area contributed by atoms with Gasteiger partial charge in [0, 0.05) is 18.2 Å². The van der Waals surface area contributed by atoms with Crippen LogP contribution in [0, 0.1) is 0 Å². The molecule has 1 amide bonds. The lowest BCUT2D eigenvalue weighted by molar-refractivity contribution is -0.111. The van der Waals surface area contributed by atoms with Crippen molar-refractivity contribution in [2.45, 2.75) is 44.7 Å². The zero-order chi connectivity index (χ0) is 21.2. The smallest absolute Gasteiger partial charge is 0.250 e. The third kappa shape index (κ3) is 4.75. The van der Waals surface area contributed by atoms with E-state index < -0.39 is 10.0 Å². The number of nitrogens with zero attached hydrogens (tertiary/aromatic N) is 2. The maximum Gasteiger partial charge on any atom is 0.250 e. The van der Waals surface area contributed by atoms with Crippen LogP contribution in [0.1, 0.15) is 33.5 Å². The lowest BCUT2D eigenvalue weighted by Gasteiger charge is -2.29. The van der Waals surface area contributed by atoms with Crippen molar-refractivity contribution in [3.8, 4) is 0 Å². The largest absolute Gasteiger partial charge is 0.465 e. The van der Waals surface area contributed by atoms with Gasteiger partial charge in [-0.3, -0.25) is 10.1 Å². The molecule has 7 nitrogen and oxygen atoms in total. The lowest BCUT2D eigenvalue weighted by atomic mass is 10.3. The van der Waals surface area contributed by atoms with Crippen molar-refractivity contribution in [3.05, 3.63) is 48.4 Å². The number of nitrogens with one attached hydrogen (secondary N) is 1. The van der Waals surface area contributed by atoms with E-state index in [4.69, 9.17) is 4.42 Å². The van der Waals surface area contributed by atoms with E-state index in [1.807, 2.05) is 27.7 Å². The number of hydrogen-bond acceptors (Lipinski definition) is 6. The van der Waals surface area contributed by atoms with Crippen molar-refractivity contribution in [2.75, 3.05) is 5.32 Å². The molecule has 0 aliphatic heterocycles. The van der Waals surface area contributed by atoms with Crippen LogP contribution in [0.2, 0.25) is 0 Å². The molecule has 154 valence electrons. The number of thiazole rings is 1. The highest BCUT2D eigenvalue weighted by Crippen LogP contribution is 2.30. The Morgan fingerprint density at radius 3 is 2.55 bits per heavy atom. The molecule has 29 heavy (non-hydrogen) atoms. The van der Waals surface area contributed by atoms with Gasteiger partial charge >= 0.3 is 0 Å². The number of carbonyl (C=O) groups is 1. The Balaban J connectivity index is 1.84. The van der Waals surface area contributed by atoms with E-state index in [1.54, 1.807) is 36.4 Å². The van der Waals surface area contributed by atoms with Crippen molar-refractivity contribution in [2.24, 2.45) is 0 Å². The lowest BCUT2D eigenvalue weighted by Crippen LogP contribution is -2.41. The van der Waals surface area contributed by atoms with Gasteiger partial charge in [0.25, 0.3) is 0 Å². The van der Waals surface area contributed by atoms with Crippen LogP contribution in [0.5, 0.6) is 0 Å². The first-order chi connectivity index (χ1) is 13.7. The number of amides is 1. The highest BCUT2D eigenvalue weighted by Gasteiger charge is 2.29. The number of rotatable bonds is 7. The number of anilines is 1. The Morgan fingerprint density at radius 1 is 1.21 bits per heavy atom. The van der Waals surface area contributed by atoms with Crippen LogP contribution < -0.4 is 5.32 Å². The minimum Gasteiger partial charge on any atom is -0.465 e. The van der Waals surface area contributed by atoms with Gasteiger partial charge in [0.1, 0.15) is 5.76 Å². The SMILES string of the molecule is CC(C)N(C(C)C)S(=O)(=O)c1ccc2nc(NC(=O)C=Cc3ccco3)sc2c1. The van der Waals surface area contributed by atoms with Crippen molar-refractivity contribution in [1.29, 1.82) is 0 Å². The molecule has 0 radical (unpaired) electrons. The van der Waals surface area contributed by atoms with E-state index in [2.05, 4.69) is 10.3 Å². The van der Waals surface area contributed by atoms with Crippen LogP contribution in [0.25, 0.3) is 16.3 Å². The standard InChI is InChI=1S/C20H23N3O4S2/c1-13(2)23(14(3)4)29(25,26)16-8-9-17-18(12-16)28-20(21-17)22-19(24)10-7-15-6-5-11-27-15/h5-14H,1-4H3,(H,21,22,24). The molecular weight excluding hydrogens is 410 g/mol. The molecule has 2 aromatic heterocycles. The molecule has 1 N–H and O–H groups in total. The molecule has 0 aliphatic carbocycles. The summed E-state index contributed by atoms with van der Waals surface area (Å²) < 4.78 is 33.4. The molecule has 0 saturated carbocycles. The fourth-order valence-corrected chi connectivity index (χ4v) is 5.93. The minimum absolute atomic E-state index is 0.159. The van der Waals surface area contributed by atoms with Gasteiger partial charge in [-0.2, -0.15) is 4.31 Å². The second-order valence-corrected chi connectivity index (χ2v) is 9.88. The highest BCUT2D eigenvalue weighted by atomic mass is 32.2. The van der Waals surface area contributed by atoms with Crippen LogP contribution in [0.4, 0.5) is 5.13 Å². The molecule has 3 rings (SSSR count). The van der Waals surface area contributed by atoms with Gasteiger partial charge < -0.3 is 4.42 Å². The summed E-state index contributed by atoms with van der Waals surface area (Å²) in [5.41, 5.74) is 0.625. The van der Waals surface area contributed by atoms with E-state index >= 15 is 0 Å². The molecule has 0 fully saturated rings. The van der Waals surface area contributed by atoms with Gasteiger partial charge in [-0.25, -0.2) is 13.4 Å². The van der Waals surface area contributed by atoms with Crippen LogP contribution in [0.3, 0.4) is 0 Å². The number of hydrogen-bond donors (Lipinski definition) is 1. The second-order valence-electron chi connectivity index (χ2n) is 7.01. The Morgan fingerprint density at radius 2 is 1.93 bits per heavy atom. The average Bonchev–Trinajstić information content (AvgIpc) is 3.27. The molecular formula is C20H23N3O4S2. The van der Waals surface area contributed by atoms with Gasteiger partial charge in [-0.1, -0.05) is 11.3 Å². The minimum atomic E-state index is -3.64. The topological polar surface area (TPSA) is 92.5 Å².